The minimum atomic E-state index is -0.199. The lowest BCUT2D eigenvalue weighted by molar-refractivity contribution is 0.0793. The summed E-state index contributed by atoms with van der Waals surface area (Å²) in [7, 11) is 1.66. The standard InChI is InChI=1S/C7H11N5OS/c1-12(3-2-6(8)14)7(13)5-4-9-11-10-5/h4H,2-3H2,1H3,(H2,8,14)(H,9,10,11). The summed E-state index contributed by atoms with van der Waals surface area (Å²) in [5.41, 5.74) is 5.61. The van der Waals surface area contributed by atoms with Crippen LogP contribution in [0.5, 0.6) is 0 Å². The SMILES string of the molecule is CN(CCC(N)=S)C(=O)c1cn[nH]n1. The number of hydrogen-bond acceptors (Lipinski definition) is 4. The third-order valence-electron chi connectivity index (χ3n) is 1.67. The minimum Gasteiger partial charge on any atom is -0.393 e. The van der Waals surface area contributed by atoms with E-state index in [0.717, 1.165) is 0 Å². The third kappa shape index (κ3) is 2.77. The molecule has 1 aromatic heterocycles. The molecule has 76 valence electrons. The second kappa shape index (κ2) is 4.66. The predicted octanol–water partition coefficient (Wildman–Crippen LogP) is -0.447. The second-order valence-electron chi connectivity index (χ2n) is 2.80. The van der Waals surface area contributed by atoms with Crippen LogP contribution in [0.15, 0.2) is 6.20 Å². The Morgan fingerprint density at radius 1 is 1.79 bits per heavy atom. The van der Waals surface area contributed by atoms with Crippen LogP contribution in [0.4, 0.5) is 0 Å². The topological polar surface area (TPSA) is 87.9 Å². The monoisotopic (exact) mass is 213 g/mol. The van der Waals surface area contributed by atoms with Crippen LogP contribution >= 0.6 is 12.2 Å². The molecule has 1 rings (SSSR count). The molecule has 1 aromatic rings. The largest absolute Gasteiger partial charge is 0.393 e. The molecule has 1 amide bonds. The summed E-state index contributed by atoms with van der Waals surface area (Å²) in [6, 6.07) is 0. The van der Waals surface area contributed by atoms with E-state index in [-0.39, 0.29) is 11.6 Å². The number of carbonyl (C=O) groups is 1. The van der Waals surface area contributed by atoms with Crippen molar-refractivity contribution < 1.29 is 4.79 Å². The average Bonchev–Trinajstić information content (AvgIpc) is 2.65. The van der Waals surface area contributed by atoms with Crippen molar-refractivity contribution in [1.82, 2.24) is 20.3 Å². The van der Waals surface area contributed by atoms with Crippen LogP contribution < -0.4 is 5.73 Å². The van der Waals surface area contributed by atoms with Crippen LogP contribution in [0.2, 0.25) is 0 Å². The molecule has 0 radical (unpaired) electrons. The Hall–Kier alpha value is -1.50. The number of nitrogens with one attached hydrogen (secondary N) is 1. The van der Waals surface area contributed by atoms with Crippen molar-refractivity contribution in [2.24, 2.45) is 5.73 Å². The second-order valence-corrected chi connectivity index (χ2v) is 3.32. The maximum atomic E-state index is 11.5. The summed E-state index contributed by atoms with van der Waals surface area (Å²) in [5, 5.41) is 9.59. The van der Waals surface area contributed by atoms with Crippen molar-refractivity contribution in [2.45, 2.75) is 6.42 Å². The van der Waals surface area contributed by atoms with Gasteiger partial charge in [-0.15, -0.1) is 0 Å². The highest BCUT2D eigenvalue weighted by Crippen LogP contribution is 1.97. The van der Waals surface area contributed by atoms with E-state index < -0.39 is 0 Å². The number of H-pyrrole nitrogens is 1. The summed E-state index contributed by atoms with van der Waals surface area (Å²) in [6.45, 7) is 0.487. The number of aromatic amines is 1. The number of aromatic nitrogens is 3. The Kier molecular flexibility index (Phi) is 3.52. The number of rotatable bonds is 4. The maximum absolute atomic E-state index is 11.5. The van der Waals surface area contributed by atoms with E-state index in [1.165, 1.54) is 11.1 Å². The van der Waals surface area contributed by atoms with Crippen molar-refractivity contribution >= 4 is 23.1 Å². The van der Waals surface area contributed by atoms with E-state index in [4.69, 9.17) is 18.0 Å². The molecule has 0 atom stereocenters. The smallest absolute Gasteiger partial charge is 0.275 e. The first-order valence-corrected chi connectivity index (χ1v) is 4.41. The fourth-order valence-corrected chi connectivity index (χ4v) is 0.971. The van der Waals surface area contributed by atoms with E-state index in [1.807, 2.05) is 0 Å². The number of hydrogen-bond donors (Lipinski definition) is 2. The highest BCUT2D eigenvalue weighted by Gasteiger charge is 2.13. The zero-order valence-electron chi connectivity index (χ0n) is 7.73. The molecule has 6 nitrogen and oxygen atoms in total. The Morgan fingerprint density at radius 2 is 2.50 bits per heavy atom. The first-order valence-electron chi connectivity index (χ1n) is 4.01. The van der Waals surface area contributed by atoms with Crippen molar-refractivity contribution in [3.63, 3.8) is 0 Å². The van der Waals surface area contributed by atoms with Gasteiger partial charge >= 0.3 is 0 Å². The summed E-state index contributed by atoms with van der Waals surface area (Å²) in [5.74, 6) is -0.199. The van der Waals surface area contributed by atoms with Crippen LogP contribution in [-0.4, -0.2) is 44.8 Å². The molecule has 0 aliphatic carbocycles. The Labute approximate surface area is 86.5 Å². The third-order valence-corrected chi connectivity index (χ3v) is 1.88. The molecule has 0 aromatic carbocycles. The zero-order valence-corrected chi connectivity index (χ0v) is 8.54. The van der Waals surface area contributed by atoms with Crippen molar-refractivity contribution in [1.29, 1.82) is 0 Å². The van der Waals surface area contributed by atoms with Crippen LogP contribution in [0.25, 0.3) is 0 Å². The molecule has 1 heterocycles. The number of carbonyl (C=O) groups excluding carboxylic acids is 1. The van der Waals surface area contributed by atoms with E-state index >= 15 is 0 Å². The predicted molar refractivity (Wildman–Crippen MR) is 54.7 cm³/mol. The van der Waals surface area contributed by atoms with Crippen LogP contribution in [0, 0.1) is 0 Å². The number of nitrogens with zero attached hydrogens (tertiary/aromatic N) is 3. The summed E-state index contributed by atoms with van der Waals surface area (Å²) >= 11 is 4.71. The van der Waals surface area contributed by atoms with Gasteiger partial charge in [-0.3, -0.25) is 4.79 Å². The van der Waals surface area contributed by atoms with Gasteiger partial charge in [-0.2, -0.15) is 15.4 Å². The summed E-state index contributed by atoms with van der Waals surface area (Å²) in [4.78, 5) is 13.4. The Morgan fingerprint density at radius 3 is 3.00 bits per heavy atom. The van der Waals surface area contributed by atoms with Gasteiger partial charge < -0.3 is 10.6 Å². The molecular formula is C7H11N5OS. The van der Waals surface area contributed by atoms with Gasteiger partial charge in [-0.25, -0.2) is 0 Å². The van der Waals surface area contributed by atoms with Crippen LogP contribution in [0.1, 0.15) is 16.9 Å². The Bertz CT molecular complexity index is 323. The average molecular weight is 213 g/mol. The van der Waals surface area contributed by atoms with Gasteiger partial charge in [-0.05, 0) is 0 Å². The molecule has 0 bridgehead atoms. The normalized spacial score (nSPS) is 9.79. The number of amides is 1. The van der Waals surface area contributed by atoms with E-state index in [9.17, 15) is 4.79 Å². The molecule has 0 saturated carbocycles. The van der Waals surface area contributed by atoms with Gasteiger partial charge in [-0.1, -0.05) is 12.2 Å². The lowest BCUT2D eigenvalue weighted by Gasteiger charge is -2.14. The molecule has 0 saturated heterocycles. The van der Waals surface area contributed by atoms with Gasteiger partial charge in [0.05, 0.1) is 11.2 Å². The van der Waals surface area contributed by atoms with Crippen molar-refractivity contribution in [3.8, 4) is 0 Å². The molecule has 14 heavy (non-hydrogen) atoms. The first kappa shape index (κ1) is 10.6. The van der Waals surface area contributed by atoms with Gasteiger partial charge in [0.25, 0.3) is 5.91 Å². The van der Waals surface area contributed by atoms with Crippen LogP contribution in [0.3, 0.4) is 0 Å². The zero-order chi connectivity index (χ0) is 10.6. The number of nitrogens with two attached hydrogens (primary N) is 1. The summed E-state index contributed by atoms with van der Waals surface area (Å²) in [6.07, 6.45) is 1.88. The maximum Gasteiger partial charge on any atom is 0.275 e. The Balaban J connectivity index is 2.49. The fourth-order valence-electron chi connectivity index (χ4n) is 0.880. The first-order chi connectivity index (χ1) is 6.61. The van der Waals surface area contributed by atoms with E-state index in [0.29, 0.717) is 18.0 Å². The lowest BCUT2D eigenvalue weighted by Crippen LogP contribution is -2.30. The van der Waals surface area contributed by atoms with Gasteiger partial charge in [0.2, 0.25) is 0 Å². The molecule has 7 heteroatoms. The summed E-state index contributed by atoms with van der Waals surface area (Å²) < 4.78 is 0. The molecule has 0 aliphatic rings. The number of thiocarbonyl (C=S) groups is 1. The molecule has 0 spiro atoms. The minimum absolute atomic E-state index is 0.199. The molecule has 0 aliphatic heterocycles. The molecule has 0 fully saturated rings. The quantitative estimate of drug-likeness (QED) is 0.661. The van der Waals surface area contributed by atoms with Crippen molar-refractivity contribution in [3.05, 3.63) is 11.9 Å². The fraction of sp³-hybridized carbons (Fsp3) is 0.429. The van der Waals surface area contributed by atoms with Crippen molar-refractivity contribution in [2.75, 3.05) is 13.6 Å². The van der Waals surface area contributed by atoms with E-state index in [1.54, 1.807) is 7.05 Å². The lowest BCUT2D eigenvalue weighted by atomic mass is 10.3. The highest BCUT2D eigenvalue weighted by molar-refractivity contribution is 7.80. The molecular weight excluding hydrogens is 202 g/mol. The van der Waals surface area contributed by atoms with Gasteiger partial charge in [0, 0.05) is 20.0 Å². The van der Waals surface area contributed by atoms with Gasteiger partial charge in [0.15, 0.2) is 5.69 Å². The van der Waals surface area contributed by atoms with Crippen LogP contribution in [-0.2, 0) is 0 Å². The molecule has 0 unspecified atom stereocenters. The van der Waals surface area contributed by atoms with E-state index in [2.05, 4.69) is 15.4 Å². The van der Waals surface area contributed by atoms with Gasteiger partial charge in [0.1, 0.15) is 0 Å². The highest BCUT2D eigenvalue weighted by atomic mass is 32.1. The molecule has 3 N–H and O–H groups in total.